The van der Waals surface area contributed by atoms with E-state index < -0.39 is 0 Å². The molecule has 0 unspecified atom stereocenters. The second kappa shape index (κ2) is 7.49. The zero-order valence-corrected chi connectivity index (χ0v) is 12.4. The Labute approximate surface area is 127 Å². The van der Waals surface area contributed by atoms with Crippen molar-refractivity contribution in [1.29, 1.82) is 0 Å². The third-order valence-corrected chi connectivity index (χ3v) is 3.16. The van der Waals surface area contributed by atoms with Crippen LogP contribution in [0.2, 0.25) is 0 Å². The monoisotopic (exact) mass is 303 g/mol. The molecule has 116 valence electrons. The number of aromatic nitrogens is 2. The quantitative estimate of drug-likeness (QED) is 0.882. The van der Waals surface area contributed by atoms with Crippen molar-refractivity contribution in [2.45, 2.75) is 32.9 Å². The van der Waals surface area contributed by atoms with E-state index in [2.05, 4.69) is 10.3 Å². The first-order valence-electron chi connectivity index (χ1n) is 7.15. The highest BCUT2D eigenvalue weighted by molar-refractivity contribution is 5.75. The van der Waals surface area contributed by atoms with E-state index in [1.54, 1.807) is 12.1 Å². The van der Waals surface area contributed by atoms with Gasteiger partial charge in [-0.25, -0.2) is 9.37 Å². The Bertz CT molecular complexity index is 695. The van der Waals surface area contributed by atoms with Gasteiger partial charge in [-0.05, 0) is 24.1 Å². The van der Waals surface area contributed by atoms with Crippen molar-refractivity contribution in [3.63, 3.8) is 0 Å². The van der Waals surface area contributed by atoms with E-state index in [0.29, 0.717) is 0 Å². The second-order valence-corrected chi connectivity index (χ2v) is 5.00. The van der Waals surface area contributed by atoms with Crippen molar-refractivity contribution in [3.8, 4) is 0 Å². The fourth-order valence-electron chi connectivity index (χ4n) is 1.99. The van der Waals surface area contributed by atoms with Crippen LogP contribution in [-0.2, 0) is 24.3 Å². The molecule has 1 N–H and O–H groups in total. The number of aryl methyl sites for hydroxylation is 1. The van der Waals surface area contributed by atoms with Gasteiger partial charge in [-0.15, -0.1) is 0 Å². The number of nitrogens with zero attached hydrogens (tertiary/aromatic N) is 2. The standard InChI is InChI=1S/C16H18FN3O2/c1-2-3-14-8-16(22)20(11-19-14)10-15(21)18-9-12-4-6-13(17)7-5-12/h4-8,11H,2-3,9-10H2,1H3,(H,18,21). The van der Waals surface area contributed by atoms with Gasteiger partial charge in [0.2, 0.25) is 5.91 Å². The summed E-state index contributed by atoms with van der Waals surface area (Å²) in [7, 11) is 0. The molecule has 6 heteroatoms. The third kappa shape index (κ3) is 4.51. The summed E-state index contributed by atoms with van der Waals surface area (Å²) in [5.41, 5.74) is 1.28. The van der Waals surface area contributed by atoms with Crippen LogP contribution in [-0.4, -0.2) is 15.5 Å². The van der Waals surface area contributed by atoms with Crippen LogP contribution in [0.25, 0.3) is 0 Å². The number of nitrogens with one attached hydrogen (secondary N) is 1. The van der Waals surface area contributed by atoms with E-state index in [4.69, 9.17) is 0 Å². The van der Waals surface area contributed by atoms with E-state index in [9.17, 15) is 14.0 Å². The Kier molecular flexibility index (Phi) is 5.41. The number of hydrogen-bond acceptors (Lipinski definition) is 3. The highest BCUT2D eigenvalue weighted by atomic mass is 19.1. The zero-order valence-electron chi connectivity index (χ0n) is 12.4. The largest absolute Gasteiger partial charge is 0.350 e. The van der Waals surface area contributed by atoms with Crippen LogP contribution in [0.5, 0.6) is 0 Å². The van der Waals surface area contributed by atoms with Crippen molar-refractivity contribution in [2.75, 3.05) is 0 Å². The first-order chi connectivity index (χ1) is 10.6. The lowest BCUT2D eigenvalue weighted by Crippen LogP contribution is -2.32. The van der Waals surface area contributed by atoms with Crippen LogP contribution < -0.4 is 10.9 Å². The van der Waals surface area contributed by atoms with E-state index >= 15 is 0 Å². The average molecular weight is 303 g/mol. The highest BCUT2D eigenvalue weighted by Gasteiger charge is 2.06. The van der Waals surface area contributed by atoms with Gasteiger partial charge in [0.05, 0.1) is 6.33 Å². The Balaban J connectivity index is 1.91. The molecule has 5 nitrogen and oxygen atoms in total. The SMILES string of the molecule is CCCc1cc(=O)n(CC(=O)NCc2ccc(F)cc2)cn1. The molecule has 0 saturated carbocycles. The summed E-state index contributed by atoms with van der Waals surface area (Å²) in [6, 6.07) is 7.33. The second-order valence-electron chi connectivity index (χ2n) is 5.00. The van der Waals surface area contributed by atoms with Gasteiger partial charge < -0.3 is 5.32 Å². The average Bonchev–Trinajstić information content (AvgIpc) is 2.50. The van der Waals surface area contributed by atoms with Crippen molar-refractivity contribution in [2.24, 2.45) is 0 Å². The first-order valence-corrected chi connectivity index (χ1v) is 7.15. The lowest BCUT2D eigenvalue weighted by molar-refractivity contribution is -0.121. The van der Waals surface area contributed by atoms with Crippen LogP contribution in [0.15, 0.2) is 41.5 Å². The zero-order chi connectivity index (χ0) is 15.9. The minimum atomic E-state index is -0.320. The molecule has 2 aromatic rings. The van der Waals surface area contributed by atoms with Crippen molar-refractivity contribution < 1.29 is 9.18 Å². The maximum atomic E-state index is 12.8. The van der Waals surface area contributed by atoms with Gasteiger partial charge in [0.1, 0.15) is 12.4 Å². The molecule has 0 radical (unpaired) electrons. The van der Waals surface area contributed by atoms with Crippen LogP contribution in [0.4, 0.5) is 4.39 Å². The van der Waals surface area contributed by atoms with Crippen LogP contribution >= 0.6 is 0 Å². The molecule has 0 saturated heterocycles. The van der Waals surface area contributed by atoms with Gasteiger partial charge in [-0.2, -0.15) is 0 Å². The van der Waals surface area contributed by atoms with E-state index in [-0.39, 0.29) is 30.4 Å². The molecule has 0 aliphatic carbocycles. The van der Waals surface area contributed by atoms with Crippen molar-refractivity contribution in [3.05, 3.63) is 64.1 Å². The molecule has 2 rings (SSSR count). The third-order valence-electron chi connectivity index (χ3n) is 3.16. The smallest absolute Gasteiger partial charge is 0.253 e. The van der Waals surface area contributed by atoms with Crippen LogP contribution in [0, 0.1) is 5.82 Å². The highest BCUT2D eigenvalue weighted by Crippen LogP contribution is 2.02. The van der Waals surface area contributed by atoms with E-state index in [1.165, 1.54) is 29.1 Å². The van der Waals surface area contributed by atoms with Crippen LogP contribution in [0.1, 0.15) is 24.6 Å². The van der Waals surface area contributed by atoms with Crippen molar-refractivity contribution >= 4 is 5.91 Å². The molecule has 1 aromatic carbocycles. The van der Waals surface area contributed by atoms with Crippen LogP contribution in [0.3, 0.4) is 0 Å². The molecular formula is C16H18FN3O2. The first kappa shape index (κ1) is 15.9. The summed E-state index contributed by atoms with van der Waals surface area (Å²) < 4.78 is 14.0. The minimum absolute atomic E-state index is 0.0839. The van der Waals surface area contributed by atoms with Gasteiger partial charge >= 0.3 is 0 Å². The Morgan fingerprint density at radius 2 is 2.05 bits per heavy atom. The molecule has 0 fully saturated rings. The maximum Gasteiger partial charge on any atom is 0.253 e. The summed E-state index contributed by atoms with van der Waals surface area (Å²) in [6.07, 6.45) is 3.05. The molecule has 0 aliphatic heterocycles. The van der Waals surface area contributed by atoms with Gasteiger partial charge in [0, 0.05) is 18.3 Å². The molecule has 0 bridgehead atoms. The topological polar surface area (TPSA) is 64.0 Å². The summed E-state index contributed by atoms with van der Waals surface area (Å²) >= 11 is 0. The molecule has 1 aromatic heterocycles. The summed E-state index contributed by atoms with van der Waals surface area (Å²) in [4.78, 5) is 27.9. The van der Waals surface area contributed by atoms with E-state index in [0.717, 1.165) is 24.1 Å². The predicted molar refractivity (Wildman–Crippen MR) is 80.7 cm³/mol. The van der Waals surface area contributed by atoms with Gasteiger partial charge in [0.15, 0.2) is 0 Å². The maximum absolute atomic E-state index is 12.8. The number of halogens is 1. The predicted octanol–water partition coefficient (Wildman–Crippen LogP) is 1.65. The lowest BCUT2D eigenvalue weighted by Gasteiger charge is -2.08. The number of carbonyl (C=O) groups excluding carboxylic acids is 1. The van der Waals surface area contributed by atoms with Gasteiger partial charge in [-0.1, -0.05) is 25.5 Å². The molecule has 0 spiro atoms. The Hall–Kier alpha value is -2.50. The minimum Gasteiger partial charge on any atom is -0.350 e. The summed E-state index contributed by atoms with van der Waals surface area (Å²) in [5, 5.41) is 2.69. The van der Waals surface area contributed by atoms with Gasteiger partial charge in [0.25, 0.3) is 5.56 Å². The fourth-order valence-corrected chi connectivity index (χ4v) is 1.99. The molecule has 22 heavy (non-hydrogen) atoms. The van der Waals surface area contributed by atoms with E-state index in [1.807, 2.05) is 6.92 Å². The lowest BCUT2D eigenvalue weighted by atomic mass is 10.2. The number of amides is 1. The summed E-state index contributed by atoms with van der Waals surface area (Å²) in [6.45, 7) is 2.21. The molecule has 0 atom stereocenters. The summed E-state index contributed by atoms with van der Waals surface area (Å²) in [5.74, 6) is -0.615. The van der Waals surface area contributed by atoms with Crippen molar-refractivity contribution in [1.82, 2.24) is 14.9 Å². The number of benzene rings is 1. The number of carbonyl (C=O) groups is 1. The number of hydrogen-bond donors (Lipinski definition) is 1. The Morgan fingerprint density at radius 3 is 2.68 bits per heavy atom. The molecule has 1 heterocycles. The normalized spacial score (nSPS) is 10.5. The van der Waals surface area contributed by atoms with Gasteiger partial charge in [-0.3, -0.25) is 14.2 Å². The fraction of sp³-hybridized carbons (Fsp3) is 0.312. The molecule has 0 aliphatic rings. The Morgan fingerprint density at radius 1 is 1.32 bits per heavy atom. The number of rotatable bonds is 6. The molecular weight excluding hydrogens is 285 g/mol. The molecule has 1 amide bonds.